The summed E-state index contributed by atoms with van der Waals surface area (Å²) in [6, 6.07) is 18.1. The molecule has 0 spiro atoms. The fourth-order valence-electron chi connectivity index (χ4n) is 3.10. The molecule has 0 radical (unpaired) electrons. The molecule has 0 fully saturated rings. The lowest BCUT2D eigenvalue weighted by molar-refractivity contribution is -0.384. The summed E-state index contributed by atoms with van der Waals surface area (Å²) in [5, 5.41) is 20.4. The molecule has 0 bridgehead atoms. The van der Waals surface area contributed by atoms with Gasteiger partial charge in [-0.1, -0.05) is 38.1 Å². The van der Waals surface area contributed by atoms with Crippen molar-refractivity contribution < 1.29 is 4.92 Å². The molecular formula is C22H20N4O2. The maximum absolute atomic E-state index is 10.9. The van der Waals surface area contributed by atoms with Crippen molar-refractivity contribution >= 4 is 11.5 Å². The highest BCUT2D eigenvalue weighted by atomic mass is 16.6. The van der Waals surface area contributed by atoms with Crippen LogP contribution in [0.3, 0.4) is 0 Å². The number of nitrogens with two attached hydrogens (primary N) is 1. The molecule has 1 heterocycles. The number of non-ortho nitro benzene ring substituents is 1. The quantitative estimate of drug-likeness (QED) is 0.502. The second kappa shape index (κ2) is 7.89. The number of benzene rings is 2. The molecule has 0 saturated carbocycles. The summed E-state index contributed by atoms with van der Waals surface area (Å²) in [7, 11) is 0. The third-order valence-corrected chi connectivity index (χ3v) is 4.44. The molecule has 2 aromatic carbocycles. The van der Waals surface area contributed by atoms with Crippen LogP contribution in [0.2, 0.25) is 0 Å². The Labute approximate surface area is 163 Å². The van der Waals surface area contributed by atoms with E-state index in [0.29, 0.717) is 22.7 Å². The smallest absolute Gasteiger partial charge is 0.269 e. The summed E-state index contributed by atoms with van der Waals surface area (Å²) >= 11 is 0. The summed E-state index contributed by atoms with van der Waals surface area (Å²) in [5.74, 6) is 0.711. The first-order valence-corrected chi connectivity index (χ1v) is 8.93. The minimum absolute atomic E-state index is 0.00903. The largest absolute Gasteiger partial charge is 0.383 e. The normalized spacial score (nSPS) is 10.6. The van der Waals surface area contributed by atoms with Crippen LogP contribution in [0.15, 0.2) is 54.6 Å². The highest BCUT2D eigenvalue weighted by molar-refractivity contribution is 5.80. The number of nitrogens with zero attached hydrogens (tertiary/aromatic N) is 3. The lowest BCUT2D eigenvalue weighted by Gasteiger charge is -2.11. The van der Waals surface area contributed by atoms with Gasteiger partial charge in [0.1, 0.15) is 17.5 Å². The molecule has 6 heteroatoms. The van der Waals surface area contributed by atoms with Crippen LogP contribution >= 0.6 is 0 Å². The van der Waals surface area contributed by atoms with Crippen molar-refractivity contribution in [3.05, 3.63) is 75.8 Å². The Balaban J connectivity index is 2.05. The average molecular weight is 372 g/mol. The summed E-state index contributed by atoms with van der Waals surface area (Å²) in [4.78, 5) is 14.8. The molecule has 0 aliphatic rings. The van der Waals surface area contributed by atoms with E-state index in [4.69, 9.17) is 5.73 Å². The zero-order valence-electron chi connectivity index (χ0n) is 15.7. The Morgan fingerprint density at radius 3 is 2.25 bits per heavy atom. The molecule has 0 unspecified atom stereocenters. The van der Waals surface area contributed by atoms with Crippen LogP contribution in [-0.2, 0) is 6.42 Å². The molecule has 28 heavy (non-hydrogen) atoms. The van der Waals surface area contributed by atoms with Gasteiger partial charge in [-0.15, -0.1) is 0 Å². The number of nitrogen functional groups attached to an aromatic ring is 1. The van der Waals surface area contributed by atoms with E-state index in [1.54, 1.807) is 18.2 Å². The molecule has 0 amide bonds. The van der Waals surface area contributed by atoms with E-state index in [0.717, 1.165) is 12.0 Å². The summed E-state index contributed by atoms with van der Waals surface area (Å²) in [6.45, 7) is 4.35. The highest BCUT2D eigenvalue weighted by Crippen LogP contribution is 2.32. The molecule has 0 aliphatic carbocycles. The van der Waals surface area contributed by atoms with E-state index in [2.05, 4.69) is 37.0 Å². The monoisotopic (exact) mass is 372 g/mol. The Morgan fingerprint density at radius 1 is 1.11 bits per heavy atom. The first-order valence-electron chi connectivity index (χ1n) is 8.93. The van der Waals surface area contributed by atoms with Crippen molar-refractivity contribution in [2.24, 2.45) is 5.92 Å². The predicted molar refractivity (Wildman–Crippen MR) is 109 cm³/mol. The number of anilines is 1. The number of nitro benzene ring substituents is 1. The van der Waals surface area contributed by atoms with Crippen LogP contribution in [0.1, 0.15) is 25.0 Å². The van der Waals surface area contributed by atoms with Crippen molar-refractivity contribution in [3.63, 3.8) is 0 Å². The molecule has 0 saturated heterocycles. The summed E-state index contributed by atoms with van der Waals surface area (Å²) in [5.41, 5.74) is 10.4. The van der Waals surface area contributed by atoms with Gasteiger partial charge in [0.25, 0.3) is 5.69 Å². The van der Waals surface area contributed by atoms with E-state index in [-0.39, 0.29) is 17.1 Å². The van der Waals surface area contributed by atoms with Crippen LogP contribution < -0.4 is 5.73 Å². The number of nitro groups is 1. The minimum Gasteiger partial charge on any atom is -0.383 e. The molecule has 140 valence electrons. The van der Waals surface area contributed by atoms with Crippen LogP contribution in [0, 0.1) is 27.4 Å². The van der Waals surface area contributed by atoms with Crippen LogP contribution in [0.25, 0.3) is 22.4 Å². The van der Waals surface area contributed by atoms with Gasteiger partial charge in [-0.3, -0.25) is 10.1 Å². The van der Waals surface area contributed by atoms with Crippen LogP contribution in [0.4, 0.5) is 11.5 Å². The van der Waals surface area contributed by atoms with Crippen LogP contribution in [-0.4, -0.2) is 9.91 Å². The standard InChI is InChI=1S/C22H20N4O2/c1-14(2)11-15-3-5-17(6-4-15)21-12-19(20(13-23)22(24)25-21)16-7-9-18(10-8-16)26(27)28/h3-10,12,14H,11H2,1-2H3,(H2,24,25). The van der Waals surface area contributed by atoms with Gasteiger partial charge in [-0.2, -0.15) is 5.26 Å². The van der Waals surface area contributed by atoms with Gasteiger partial charge >= 0.3 is 0 Å². The van der Waals surface area contributed by atoms with Crippen molar-refractivity contribution in [1.82, 2.24) is 4.98 Å². The summed E-state index contributed by atoms with van der Waals surface area (Å²) in [6.07, 6.45) is 0.997. The van der Waals surface area contributed by atoms with E-state index in [9.17, 15) is 15.4 Å². The van der Waals surface area contributed by atoms with Crippen molar-refractivity contribution in [2.75, 3.05) is 5.73 Å². The maximum Gasteiger partial charge on any atom is 0.269 e. The molecule has 0 atom stereocenters. The SMILES string of the molecule is CC(C)Cc1ccc(-c2cc(-c3ccc([N+](=O)[O-])cc3)c(C#N)c(N)n2)cc1. The molecule has 3 rings (SSSR count). The Morgan fingerprint density at radius 2 is 1.71 bits per heavy atom. The van der Waals surface area contributed by atoms with Gasteiger partial charge in [-0.05, 0) is 41.7 Å². The molecular weight excluding hydrogens is 352 g/mol. The highest BCUT2D eigenvalue weighted by Gasteiger charge is 2.15. The van der Waals surface area contributed by atoms with Gasteiger partial charge in [0.2, 0.25) is 0 Å². The number of nitriles is 1. The van der Waals surface area contributed by atoms with Crippen molar-refractivity contribution in [3.8, 4) is 28.5 Å². The Hall–Kier alpha value is -3.72. The molecule has 6 nitrogen and oxygen atoms in total. The van der Waals surface area contributed by atoms with Crippen molar-refractivity contribution in [1.29, 1.82) is 5.26 Å². The van der Waals surface area contributed by atoms with E-state index in [1.807, 2.05) is 12.1 Å². The Bertz CT molecular complexity index is 1050. The Kier molecular flexibility index (Phi) is 5.37. The zero-order valence-corrected chi connectivity index (χ0v) is 15.7. The van der Waals surface area contributed by atoms with E-state index >= 15 is 0 Å². The second-order valence-corrected chi connectivity index (χ2v) is 7.03. The molecule has 2 N–H and O–H groups in total. The van der Waals surface area contributed by atoms with Crippen LogP contribution in [0.5, 0.6) is 0 Å². The third-order valence-electron chi connectivity index (χ3n) is 4.44. The summed E-state index contributed by atoms with van der Waals surface area (Å²) < 4.78 is 0. The first-order chi connectivity index (χ1) is 13.4. The number of pyridine rings is 1. The lowest BCUT2D eigenvalue weighted by atomic mass is 9.97. The maximum atomic E-state index is 10.9. The number of aromatic nitrogens is 1. The van der Waals surface area contributed by atoms with Crippen molar-refractivity contribution in [2.45, 2.75) is 20.3 Å². The van der Waals surface area contributed by atoms with Gasteiger partial charge in [0, 0.05) is 23.3 Å². The fourth-order valence-corrected chi connectivity index (χ4v) is 3.10. The fraction of sp³-hybridized carbons (Fsp3) is 0.182. The predicted octanol–water partition coefficient (Wildman–Crippen LogP) is 4.98. The first kappa shape index (κ1) is 19.1. The third kappa shape index (κ3) is 3.99. The molecule has 0 aliphatic heterocycles. The minimum atomic E-state index is -0.458. The molecule has 3 aromatic rings. The van der Waals surface area contributed by atoms with E-state index in [1.165, 1.54) is 17.7 Å². The average Bonchev–Trinajstić information content (AvgIpc) is 2.67. The lowest BCUT2D eigenvalue weighted by Crippen LogP contribution is -2.00. The number of rotatable bonds is 5. The molecule has 1 aromatic heterocycles. The second-order valence-electron chi connectivity index (χ2n) is 7.03. The van der Waals surface area contributed by atoms with E-state index < -0.39 is 4.92 Å². The zero-order chi connectivity index (χ0) is 20.3. The topological polar surface area (TPSA) is 106 Å². The number of hydrogen-bond donors (Lipinski definition) is 1. The van der Waals surface area contributed by atoms with Gasteiger partial charge < -0.3 is 5.73 Å². The van der Waals surface area contributed by atoms with Gasteiger partial charge in [-0.25, -0.2) is 4.98 Å². The number of hydrogen-bond acceptors (Lipinski definition) is 5. The van der Waals surface area contributed by atoms with Gasteiger partial charge in [0.05, 0.1) is 10.6 Å². The van der Waals surface area contributed by atoms with Gasteiger partial charge in [0.15, 0.2) is 0 Å².